The summed E-state index contributed by atoms with van der Waals surface area (Å²) in [7, 11) is 0. The Labute approximate surface area is 132 Å². The maximum Gasteiger partial charge on any atom is 0.317 e. The molecule has 0 aliphatic carbocycles. The Morgan fingerprint density at radius 2 is 1.68 bits per heavy atom. The Hall–Kier alpha value is -2.03. The van der Waals surface area contributed by atoms with E-state index in [0.717, 1.165) is 25.9 Å². The Bertz CT molecular complexity index is 639. The minimum absolute atomic E-state index is 0.0156. The molecule has 1 fully saturated rings. The molecule has 2 aromatic rings. The van der Waals surface area contributed by atoms with Crippen molar-refractivity contribution >= 4 is 16.8 Å². The predicted octanol–water partition coefficient (Wildman–Crippen LogP) is 4.49. The molecular weight excluding hydrogens is 272 g/mol. The van der Waals surface area contributed by atoms with E-state index in [1.165, 1.54) is 29.2 Å². The van der Waals surface area contributed by atoms with E-state index in [1.54, 1.807) is 0 Å². The highest BCUT2D eigenvalue weighted by Crippen LogP contribution is 2.24. The maximum atomic E-state index is 12.5. The van der Waals surface area contributed by atoms with Crippen molar-refractivity contribution in [1.82, 2.24) is 10.2 Å². The summed E-state index contributed by atoms with van der Waals surface area (Å²) in [6.45, 7) is 3.83. The van der Waals surface area contributed by atoms with Gasteiger partial charge in [0.15, 0.2) is 0 Å². The van der Waals surface area contributed by atoms with Gasteiger partial charge in [-0.15, -0.1) is 0 Å². The van der Waals surface area contributed by atoms with Gasteiger partial charge in [0.05, 0.1) is 6.04 Å². The van der Waals surface area contributed by atoms with Crippen LogP contribution in [-0.4, -0.2) is 24.0 Å². The molecule has 1 N–H and O–H groups in total. The van der Waals surface area contributed by atoms with Crippen molar-refractivity contribution in [3.8, 4) is 0 Å². The minimum Gasteiger partial charge on any atom is -0.331 e. The van der Waals surface area contributed by atoms with E-state index in [1.807, 2.05) is 11.0 Å². The molecule has 1 unspecified atom stereocenters. The summed E-state index contributed by atoms with van der Waals surface area (Å²) >= 11 is 0. The van der Waals surface area contributed by atoms with E-state index in [0.29, 0.717) is 0 Å². The number of nitrogens with zero attached hydrogens (tertiary/aromatic N) is 1. The van der Waals surface area contributed by atoms with Crippen LogP contribution in [0.2, 0.25) is 0 Å². The van der Waals surface area contributed by atoms with Crippen molar-refractivity contribution < 1.29 is 4.79 Å². The SMILES string of the molecule is CC(NC(=O)N1CCCCCC1)c1cccc2ccccc12. The van der Waals surface area contributed by atoms with Crippen LogP contribution in [0.15, 0.2) is 42.5 Å². The molecule has 0 radical (unpaired) electrons. The molecule has 1 heterocycles. The number of benzene rings is 2. The number of carbonyl (C=O) groups is 1. The van der Waals surface area contributed by atoms with Crippen molar-refractivity contribution in [3.05, 3.63) is 48.0 Å². The van der Waals surface area contributed by atoms with Crippen LogP contribution in [0.3, 0.4) is 0 Å². The first kappa shape index (κ1) is 14.9. The van der Waals surface area contributed by atoms with Crippen LogP contribution in [-0.2, 0) is 0 Å². The summed E-state index contributed by atoms with van der Waals surface area (Å²) in [5, 5.41) is 5.61. The highest BCUT2D eigenvalue weighted by atomic mass is 16.2. The number of urea groups is 1. The van der Waals surface area contributed by atoms with Gasteiger partial charge in [0.2, 0.25) is 0 Å². The molecule has 116 valence electrons. The molecule has 1 aliphatic heterocycles. The fourth-order valence-electron chi connectivity index (χ4n) is 3.26. The smallest absolute Gasteiger partial charge is 0.317 e. The third-order valence-electron chi connectivity index (χ3n) is 4.52. The van der Waals surface area contributed by atoms with Crippen LogP contribution in [0.1, 0.15) is 44.2 Å². The van der Waals surface area contributed by atoms with Crippen molar-refractivity contribution in [2.24, 2.45) is 0 Å². The van der Waals surface area contributed by atoms with Crippen molar-refractivity contribution in [2.45, 2.75) is 38.6 Å². The van der Waals surface area contributed by atoms with E-state index in [4.69, 9.17) is 0 Å². The summed E-state index contributed by atoms with van der Waals surface area (Å²) in [6, 6.07) is 14.7. The Kier molecular flexibility index (Phi) is 4.62. The second kappa shape index (κ2) is 6.82. The zero-order chi connectivity index (χ0) is 15.4. The normalized spacial score (nSPS) is 17.0. The average Bonchev–Trinajstić information content (AvgIpc) is 2.83. The lowest BCUT2D eigenvalue weighted by atomic mass is 10.00. The molecule has 1 atom stereocenters. The Morgan fingerprint density at radius 1 is 1.00 bits per heavy atom. The zero-order valence-electron chi connectivity index (χ0n) is 13.2. The van der Waals surface area contributed by atoms with Gasteiger partial charge in [0, 0.05) is 13.1 Å². The monoisotopic (exact) mass is 296 g/mol. The summed E-state index contributed by atoms with van der Waals surface area (Å²) in [5.74, 6) is 0. The largest absolute Gasteiger partial charge is 0.331 e. The molecule has 0 spiro atoms. The van der Waals surface area contributed by atoms with Crippen LogP contribution in [0.5, 0.6) is 0 Å². The molecule has 0 bridgehead atoms. The van der Waals surface area contributed by atoms with Crippen LogP contribution < -0.4 is 5.32 Å². The zero-order valence-corrected chi connectivity index (χ0v) is 13.2. The topological polar surface area (TPSA) is 32.3 Å². The standard InChI is InChI=1S/C19H24N2O/c1-15(20-19(22)21-13-6-2-3-7-14-21)17-12-8-10-16-9-4-5-11-18(16)17/h4-5,8-12,15H,2-3,6-7,13-14H2,1H3,(H,20,22). The lowest BCUT2D eigenvalue weighted by Gasteiger charge is -2.24. The van der Waals surface area contributed by atoms with Crippen LogP contribution in [0.4, 0.5) is 4.79 Å². The van der Waals surface area contributed by atoms with Gasteiger partial charge in [-0.25, -0.2) is 4.79 Å². The first-order valence-corrected chi connectivity index (χ1v) is 8.29. The van der Waals surface area contributed by atoms with Gasteiger partial charge in [-0.2, -0.15) is 0 Å². The summed E-state index contributed by atoms with van der Waals surface area (Å²) in [4.78, 5) is 14.5. The lowest BCUT2D eigenvalue weighted by molar-refractivity contribution is 0.196. The summed E-state index contributed by atoms with van der Waals surface area (Å²) < 4.78 is 0. The number of fused-ring (bicyclic) bond motifs is 1. The molecular formula is C19H24N2O. The van der Waals surface area contributed by atoms with E-state index in [2.05, 4.69) is 48.6 Å². The molecule has 22 heavy (non-hydrogen) atoms. The van der Waals surface area contributed by atoms with Crippen molar-refractivity contribution in [1.29, 1.82) is 0 Å². The summed E-state index contributed by atoms with van der Waals surface area (Å²) in [5.41, 5.74) is 1.18. The second-order valence-electron chi connectivity index (χ2n) is 6.14. The highest BCUT2D eigenvalue weighted by Gasteiger charge is 2.18. The molecule has 2 amide bonds. The van der Waals surface area contributed by atoms with Crippen molar-refractivity contribution in [3.63, 3.8) is 0 Å². The fourth-order valence-corrected chi connectivity index (χ4v) is 3.26. The molecule has 0 aromatic heterocycles. The van der Waals surface area contributed by atoms with Crippen molar-refractivity contribution in [2.75, 3.05) is 13.1 Å². The maximum absolute atomic E-state index is 12.5. The predicted molar refractivity (Wildman–Crippen MR) is 90.9 cm³/mol. The first-order chi connectivity index (χ1) is 10.8. The van der Waals surface area contributed by atoms with Crippen LogP contribution >= 0.6 is 0 Å². The van der Waals surface area contributed by atoms with Gasteiger partial charge >= 0.3 is 6.03 Å². The Morgan fingerprint density at radius 3 is 2.45 bits per heavy atom. The molecule has 3 nitrogen and oxygen atoms in total. The van der Waals surface area contributed by atoms with Crippen LogP contribution in [0.25, 0.3) is 10.8 Å². The quantitative estimate of drug-likeness (QED) is 0.870. The number of rotatable bonds is 2. The fraction of sp³-hybridized carbons (Fsp3) is 0.421. The van der Waals surface area contributed by atoms with Gasteiger partial charge in [-0.1, -0.05) is 55.3 Å². The van der Waals surface area contributed by atoms with Gasteiger partial charge in [-0.3, -0.25) is 0 Å². The van der Waals surface area contributed by atoms with Gasteiger partial charge in [0.1, 0.15) is 0 Å². The molecule has 3 rings (SSSR count). The van der Waals surface area contributed by atoms with Gasteiger partial charge < -0.3 is 10.2 Å². The van der Waals surface area contributed by atoms with E-state index in [9.17, 15) is 4.79 Å². The molecule has 1 saturated heterocycles. The van der Waals surface area contributed by atoms with E-state index >= 15 is 0 Å². The number of carbonyl (C=O) groups excluding carboxylic acids is 1. The molecule has 0 saturated carbocycles. The number of hydrogen-bond donors (Lipinski definition) is 1. The molecule has 3 heteroatoms. The third-order valence-corrected chi connectivity index (χ3v) is 4.52. The number of amides is 2. The van der Waals surface area contributed by atoms with Crippen LogP contribution in [0, 0.1) is 0 Å². The van der Waals surface area contributed by atoms with Gasteiger partial charge in [0.25, 0.3) is 0 Å². The lowest BCUT2D eigenvalue weighted by Crippen LogP contribution is -2.41. The number of nitrogens with one attached hydrogen (secondary N) is 1. The van der Waals surface area contributed by atoms with E-state index in [-0.39, 0.29) is 12.1 Å². The number of hydrogen-bond acceptors (Lipinski definition) is 1. The highest BCUT2D eigenvalue weighted by molar-refractivity contribution is 5.86. The second-order valence-corrected chi connectivity index (χ2v) is 6.14. The first-order valence-electron chi connectivity index (χ1n) is 8.29. The number of likely N-dealkylation sites (tertiary alicyclic amines) is 1. The molecule has 2 aromatic carbocycles. The third kappa shape index (κ3) is 3.24. The summed E-state index contributed by atoms with van der Waals surface area (Å²) in [6.07, 6.45) is 4.72. The average molecular weight is 296 g/mol. The molecule has 1 aliphatic rings. The van der Waals surface area contributed by atoms with Gasteiger partial charge in [-0.05, 0) is 36.1 Å². The van der Waals surface area contributed by atoms with E-state index < -0.39 is 0 Å². The Balaban J connectivity index is 1.75. The minimum atomic E-state index is 0.0156.